The molecule has 0 aliphatic heterocycles. The largest absolute Gasteiger partial charge is 0.493 e. The molecule has 0 spiro atoms. The standard InChI is InChI=1S/C13H21FN2O4S/c1-4-15-6-5-7-16-21(17,18)13-9-12(20-3)11(19-2)8-10(13)14/h8-9,15-16H,4-7H2,1-3H3. The highest BCUT2D eigenvalue weighted by Gasteiger charge is 2.22. The van der Waals surface area contributed by atoms with Crippen LogP contribution in [0.25, 0.3) is 0 Å². The van der Waals surface area contributed by atoms with E-state index in [1.165, 1.54) is 14.2 Å². The molecular weight excluding hydrogens is 299 g/mol. The molecule has 0 heterocycles. The second kappa shape index (κ2) is 8.16. The molecule has 0 saturated heterocycles. The van der Waals surface area contributed by atoms with E-state index in [2.05, 4.69) is 10.0 Å². The van der Waals surface area contributed by atoms with Gasteiger partial charge in [0, 0.05) is 18.7 Å². The second-order valence-corrected chi connectivity index (χ2v) is 5.98. The van der Waals surface area contributed by atoms with Gasteiger partial charge in [0.2, 0.25) is 10.0 Å². The molecule has 0 radical (unpaired) electrons. The molecule has 0 aliphatic carbocycles. The van der Waals surface area contributed by atoms with Gasteiger partial charge in [-0.15, -0.1) is 0 Å². The summed E-state index contributed by atoms with van der Waals surface area (Å²) in [5.41, 5.74) is 0. The molecular formula is C13H21FN2O4S. The van der Waals surface area contributed by atoms with Crippen LogP contribution in [-0.4, -0.2) is 42.3 Å². The van der Waals surface area contributed by atoms with Crippen molar-refractivity contribution in [2.24, 2.45) is 0 Å². The summed E-state index contributed by atoms with van der Waals surface area (Å²) in [6, 6.07) is 2.10. The van der Waals surface area contributed by atoms with Gasteiger partial charge in [-0.25, -0.2) is 17.5 Å². The predicted molar refractivity (Wildman–Crippen MR) is 77.9 cm³/mol. The Morgan fingerprint density at radius 2 is 1.76 bits per heavy atom. The highest BCUT2D eigenvalue weighted by molar-refractivity contribution is 7.89. The van der Waals surface area contributed by atoms with Crippen molar-refractivity contribution in [3.63, 3.8) is 0 Å². The average molecular weight is 320 g/mol. The Morgan fingerprint density at radius 3 is 2.33 bits per heavy atom. The Morgan fingerprint density at radius 1 is 1.14 bits per heavy atom. The van der Waals surface area contributed by atoms with Gasteiger partial charge in [0.15, 0.2) is 11.5 Å². The van der Waals surface area contributed by atoms with Crippen molar-refractivity contribution < 1.29 is 22.3 Å². The van der Waals surface area contributed by atoms with Crippen LogP contribution in [0.15, 0.2) is 17.0 Å². The molecule has 0 bridgehead atoms. The van der Waals surface area contributed by atoms with Gasteiger partial charge in [-0.05, 0) is 19.5 Å². The maximum Gasteiger partial charge on any atom is 0.243 e. The summed E-state index contributed by atoms with van der Waals surface area (Å²) in [5.74, 6) is -0.583. The highest BCUT2D eigenvalue weighted by atomic mass is 32.2. The van der Waals surface area contributed by atoms with E-state index in [4.69, 9.17) is 9.47 Å². The summed E-state index contributed by atoms with van der Waals surface area (Å²) in [6.45, 7) is 3.69. The summed E-state index contributed by atoms with van der Waals surface area (Å²) in [5, 5.41) is 3.07. The van der Waals surface area contributed by atoms with E-state index in [0.29, 0.717) is 13.0 Å². The maximum atomic E-state index is 13.9. The molecule has 1 aromatic carbocycles. The van der Waals surface area contributed by atoms with Crippen LogP contribution in [0.1, 0.15) is 13.3 Å². The van der Waals surface area contributed by atoms with Crippen LogP contribution < -0.4 is 19.5 Å². The molecule has 0 amide bonds. The number of hydrogen-bond acceptors (Lipinski definition) is 5. The zero-order chi connectivity index (χ0) is 15.9. The zero-order valence-electron chi connectivity index (χ0n) is 12.4. The lowest BCUT2D eigenvalue weighted by atomic mass is 10.3. The van der Waals surface area contributed by atoms with Crippen molar-refractivity contribution in [1.29, 1.82) is 0 Å². The first kappa shape index (κ1) is 17.7. The Balaban J connectivity index is 2.87. The van der Waals surface area contributed by atoms with Gasteiger partial charge in [-0.3, -0.25) is 0 Å². The maximum absolute atomic E-state index is 13.9. The molecule has 1 aromatic rings. The summed E-state index contributed by atoms with van der Waals surface area (Å²) in [6.07, 6.45) is 0.613. The van der Waals surface area contributed by atoms with Gasteiger partial charge in [-0.2, -0.15) is 0 Å². The molecule has 0 atom stereocenters. The molecule has 2 N–H and O–H groups in total. The van der Waals surface area contributed by atoms with E-state index >= 15 is 0 Å². The Hall–Kier alpha value is -1.38. The van der Waals surface area contributed by atoms with Crippen molar-refractivity contribution in [3.8, 4) is 11.5 Å². The lowest BCUT2D eigenvalue weighted by Gasteiger charge is -2.12. The SMILES string of the molecule is CCNCCCNS(=O)(=O)c1cc(OC)c(OC)cc1F. The third-order valence-corrected chi connectivity index (χ3v) is 4.28. The van der Waals surface area contributed by atoms with Crippen LogP contribution in [0.3, 0.4) is 0 Å². The van der Waals surface area contributed by atoms with Gasteiger partial charge < -0.3 is 14.8 Å². The van der Waals surface area contributed by atoms with E-state index in [1.807, 2.05) is 6.92 Å². The van der Waals surface area contributed by atoms with Gasteiger partial charge in [0.25, 0.3) is 0 Å². The lowest BCUT2D eigenvalue weighted by Crippen LogP contribution is -2.28. The van der Waals surface area contributed by atoms with Gasteiger partial charge in [-0.1, -0.05) is 6.92 Å². The number of methoxy groups -OCH3 is 2. The van der Waals surface area contributed by atoms with Gasteiger partial charge in [0.1, 0.15) is 10.7 Å². The Labute approximate surface area is 124 Å². The van der Waals surface area contributed by atoms with E-state index in [-0.39, 0.29) is 18.0 Å². The second-order valence-electron chi connectivity index (χ2n) is 4.24. The molecule has 0 aromatic heterocycles. The molecule has 0 fully saturated rings. The zero-order valence-corrected chi connectivity index (χ0v) is 13.2. The molecule has 6 nitrogen and oxygen atoms in total. The topological polar surface area (TPSA) is 76.7 Å². The molecule has 8 heteroatoms. The molecule has 21 heavy (non-hydrogen) atoms. The fraction of sp³-hybridized carbons (Fsp3) is 0.538. The van der Waals surface area contributed by atoms with Crippen molar-refractivity contribution in [3.05, 3.63) is 17.9 Å². The van der Waals surface area contributed by atoms with Crippen molar-refractivity contribution in [2.45, 2.75) is 18.2 Å². The molecule has 120 valence electrons. The molecule has 0 saturated carbocycles. The fourth-order valence-corrected chi connectivity index (χ4v) is 2.86. The predicted octanol–water partition coefficient (Wildman–Crippen LogP) is 1.12. The smallest absolute Gasteiger partial charge is 0.243 e. The molecule has 0 aliphatic rings. The Kier molecular flexibility index (Phi) is 6.86. The third-order valence-electron chi connectivity index (χ3n) is 2.80. The summed E-state index contributed by atoms with van der Waals surface area (Å²) >= 11 is 0. The quantitative estimate of drug-likeness (QED) is 0.667. The number of benzene rings is 1. The summed E-state index contributed by atoms with van der Waals surface area (Å²) in [4.78, 5) is -0.455. The molecule has 0 unspecified atom stereocenters. The lowest BCUT2D eigenvalue weighted by molar-refractivity contribution is 0.350. The van der Waals surface area contributed by atoms with E-state index in [0.717, 1.165) is 18.7 Å². The van der Waals surface area contributed by atoms with E-state index < -0.39 is 20.7 Å². The van der Waals surface area contributed by atoms with Gasteiger partial charge in [0.05, 0.1) is 14.2 Å². The van der Waals surface area contributed by atoms with Crippen molar-refractivity contribution in [2.75, 3.05) is 33.9 Å². The minimum absolute atomic E-state index is 0.140. The highest BCUT2D eigenvalue weighted by Crippen LogP contribution is 2.31. The first-order valence-electron chi connectivity index (χ1n) is 6.58. The van der Waals surface area contributed by atoms with E-state index in [1.54, 1.807) is 0 Å². The van der Waals surface area contributed by atoms with Crippen LogP contribution in [0.2, 0.25) is 0 Å². The van der Waals surface area contributed by atoms with Crippen LogP contribution in [0, 0.1) is 5.82 Å². The molecule has 1 rings (SSSR count). The van der Waals surface area contributed by atoms with Crippen LogP contribution in [0.5, 0.6) is 11.5 Å². The number of halogens is 1. The van der Waals surface area contributed by atoms with E-state index in [9.17, 15) is 12.8 Å². The number of rotatable bonds is 9. The minimum Gasteiger partial charge on any atom is -0.493 e. The normalized spacial score (nSPS) is 11.4. The monoisotopic (exact) mass is 320 g/mol. The minimum atomic E-state index is -3.92. The average Bonchev–Trinajstić information content (AvgIpc) is 2.46. The van der Waals surface area contributed by atoms with Gasteiger partial charge >= 0.3 is 0 Å². The Bertz CT molecular complexity index is 564. The number of ether oxygens (including phenoxy) is 2. The van der Waals surface area contributed by atoms with Crippen LogP contribution in [0.4, 0.5) is 4.39 Å². The number of hydrogen-bond donors (Lipinski definition) is 2. The van der Waals surface area contributed by atoms with Crippen molar-refractivity contribution >= 4 is 10.0 Å². The van der Waals surface area contributed by atoms with Crippen LogP contribution >= 0.6 is 0 Å². The fourth-order valence-electron chi connectivity index (χ4n) is 1.72. The van der Waals surface area contributed by atoms with Crippen molar-refractivity contribution in [1.82, 2.24) is 10.0 Å². The van der Waals surface area contributed by atoms with Crippen LogP contribution in [-0.2, 0) is 10.0 Å². The third kappa shape index (κ3) is 4.83. The number of sulfonamides is 1. The first-order chi connectivity index (χ1) is 9.96. The first-order valence-corrected chi connectivity index (χ1v) is 8.06. The summed E-state index contributed by atoms with van der Waals surface area (Å²) < 4.78 is 50.4. The summed E-state index contributed by atoms with van der Waals surface area (Å²) in [7, 11) is -1.22. The number of nitrogens with one attached hydrogen (secondary N) is 2.